The highest BCUT2D eigenvalue weighted by molar-refractivity contribution is 9.10. The van der Waals surface area contributed by atoms with Crippen LogP contribution in [0.4, 0.5) is 0 Å². The van der Waals surface area contributed by atoms with Gasteiger partial charge in [-0.2, -0.15) is 0 Å². The number of hydrogen-bond acceptors (Lipinski definition) is 1. The minimum atomic E-state index is 0.0209. The monoisotopic (exact) mass is 284 g/mol. The summed E-state index contributed by atoms with van der Waals surface area (Å²) in [4.78, 5) is 11.8. The fraction of sp³-hybridized carbons (Fsp3) is 0.583. The summed E-state index contributed by atoms with van der Waals surface area (Å²) in [5.74, 6) is 0.868. The molecule has 0 bridgehead atoms. The van der Waals surface area contributed by atoms with E-state index in [0.717, 1.165) is 23.4 Å². The maximum atomic E-state index is 11.8. The van der Waals surface area contributed by atoms with E-state index in [4.69, 9.17) is 0 Å². The summed E-state index contributed by atoms with van der Waals surface area (Å²) >= 11 is 3.36. The molecule has 0 saturated heterocycles. The average Bonchev–Trinajstić information content (AvgIpc) is 2.49. The summed E-state index contributed by atoms with van der Waals surface area (Å²) in [7, 11) is 1.88. The van der Waals surface area contributed by atoms with Crippen molar-refractivity contribution in [2.24, 2.45) is 13.0 Å². The van der Waals surface area contributed by atoms with Crippen molar-refractivity contribution in [2.45, 2.75) is 25.7 Å². The van der Waals surface area contributed by atoms with Crippen molar-refractivity contribution in [2.75, 3.05) is 6.54 Å². The van der Waals surface area contributed by atoms with Crippen LogP contribution in [0.1, 0.15) is 36.2 Å². The first-order valence-electron chi connectivity index (χ1n) is 5.77. The van der Waals surface area contributed by atoms with Gasteiger partial charge in [-0.1, -0.05) is 19.3 Å². The quantitative estimate of drug-likeness (QED) is 0.906. The van der Waals surface area contributed by atoms with Crippen molar-refractivity contribution in [3.8, 4) is 0 Å². The van der Waals surface area contributed by atoms with E-state index in [9.17, 15) is 4.79 Å². The number of aromatic nitrogens is 1. The number of nitrogens with one attached hydrogen (secondary N) is 1. The summed E-state index contributed by atoms with van der Waals surface area (Å²) in [6.07, 6.45) is 7.05. The molecule has 2 rings (SSSR count). The van der Waals surface area contributed by atoms with Crippen molar-refractivity contribution >= 4 is 21.8 Å². The second-order valence-electron chi connectivity index (χ2n) is 4.50. The van der Waals surface area contributed by atoms with Gasteiger partial charge in [-0.3, -0.25) is 4.79 Å². The Morgan fingerprint density at radius 1 is 1.62 bits per heavy atom. The van der Waals surface area contributed by atoms with Crippen LogP contribution in [0, 0.1) is 5.92 Å². The molecular formula is C12H17BrN2O. The topological polar surface area (TPSA) is 34.0 Å². The molecule has 1 aromatic rings. The van der Waals surface area contributed by atoms with Gasteiger partial charge in [-0.05, 0) is 34.3 Å². The molecule has 1 fully saturated rings. The molecule has 0 radical (unpaired) electrons. The first kappa shape index (κ1) is 11.7. The third-order valence-corrected chi connectivity index (χ3v) is 3.70. The fourth-order valence-corrected chi connectivity index (χ4v) is 2.54. The number of halogens is 1. The number of carbonyl (C=O) groups is 1. The van der Waals surface area contributed by atoms with E-state index < -0.39 is 0 Å². The van der Waals surface area contributed by atoms with Crippen LogP contribution in [0.3, 0.4) is 0 Å². The van der Waals surface area contributed by atoms with Crippen molar-refractivity contribution < 1.29 is 4.79 Å². The van der Waals surface area contributed by atoms with E-state index in [1.165, 1.54) is 19.3 Å². The number of rotatable bonds is 4. The molecule has 0 aromatic carbocycles. The first-order valence-corrected chi connectivity index (χ1v) is 6.56. The van der Waals surface area contributed by atoms with E-state index >= 15 is 0 Å². The third-order valence-electron chi connectivity index (χ3n) is 3.27. The highest BCUT2D eigenvalue weighted by Gasteiger charge is 2.17. The van der Waals surface area contributed by atoms with Gasteiger partial charge in [0.2, 0.25) is 0 Å². The molecule has 3 nitrogen and oxygen atoms in total. The SMILES string of the molecule is Cn1cc(Br)cc1C(=O)NCCC1CCC1. The number of carbonyl (C=O) groups excluding carboxylic acids is 1. The van der Waals surface area contributed by atoms with Crippen molar-refractivity contribution in [3.63, 3.8) is 0 Å². The second kappa shape index (κ2) is 5.04. The lowest BCUT2D eigenvalue weighted by molar-refractivity contribution is 0.0941. The van der Waals surface area contributed by atoms with Crippen molar-refractivity contribution in [3.05, 3.63) is 22.4 Å². The number of amides is 1. The Bertz CT molecular complexity index is 382. The van der Waals surface area contributed by atoms with Crippen LogP contribution in [0.15, 0.2) is 16.7 Å². The van der Waals surface area contributed by atoms with Gasteiger partial charge in [0, 0.05) is 24.3 Å². The Hall–Kier alpha value is -0.770. The minimum absolute atomic E-state index is 0.0209. The van der Waals surface area contributed by atoms with Crippen molar-refractivity contribution in [1.82, 2.24) is 9.88 Å². The Balaban J connectivity index is 1.80. The van der Waals surface area contributed by atoms with Gasteiger partial charge in [0.05, 0.1) is 0 Å². The van der Waals surface area contributed by atoms with E-state index in [1.807, 2.05) is 23.9 Å². The minimum Gasteiger partial charge on any atom is -0.351 e. The zero-order chi connectivity index (χ0) is 11.5. The van der Waals surface area contributed by atoms with Gasteiger partial charge in [-0.15, -0.1) is 0 Å². The van der Waals surface area contributed by atoms with Gasteiger partial charge in [0.1, 0.15) is 5.69 Å². The standard InChI is InChI=1S/C12H17BrN2O/c1-15-8-10(13)7-11(15)12(16)14-6-5-9-3-2-4-9/h7-9H,2-6H2,1H3,(H,14,16). The largest absolute Gasteiger partial charge is 0.351 e. The third kappa shape index (κ3) is 2.67. The predicted molar refractivity (Wildman–Crippen MR) is 67.4 cm³/mol. The lowest BCUT2D eigenvalue weighted by atomic mass is 9.83. The van der Waals surface area contributed by atoms with E-state index in [2.05, 4.69) is 21.2 Å². The first-order chi connectivity index (χ1) is 7.66. The smallest absolute Gasteiger partial charge is 0.267 e. The van der Waals surface area contributed by atoms with Gasteiger partial charge in [0.15, 0.2) is 0 Å². The zero-order valence-corrected chi connectivity index (χ0v) is 11.1. The molecule has 4 heteroatoms. The lowest BCUT2D eigenvalue weighted by Gasteiger charge is -2.25. The number of hydrogen-bond donors (Lipinski definition) is 1. The molecule has 16 heavy (non-hydrogen) atoms. The Morgan fingerprint density at radius 2 is 2.38 bits per heavy atom. The van der Waals surface area contributed by atoms with E-state index in [1.54, 1.807) is 0 Å². The van der Waals surface area contributed by atoms with Crippen LogP contribution < -0.4 is 5.32 Å². The van der Waals surface area contributed by atoms with Crippen molar-refractivity contribution in [1.29, 1.82) is 0 Å². The van der Waals surface area contributed by atoms with Crippen LogP contribution in [0.25, 0.3) is 0 Å². The maximum Gasteiger partial charge on any atom is 0.267 e. The van der Waals surface area contributed by atoms with Gasteiger partial charge in [-0.25, -0.2) is 0 Å². The Kier molecular flexibility index (Phi) is 3.69. The molecule has 1 aliphatic carbocycles. The summed E-state index contributed by atoms with van der Waals surface area (Å²) in [6, 6.07) is 1.85. The zero-order valence-electron chi connectivity index (χ0n) is 9.50. The second-order valence-corrected chi connectivity index (χ2v) is 5.41. The molecule has 1 saturated carbocycles. The molecule has 0 unspecified atom stereocenters. The normalized spacial score (nSPS) is 15.9. The molecule has 0 spiro atoms. The molecule has 1 heterocycles. The van der Waals surface area contributed by atoms with Crippen LogP contribution in [0.5, 0.6) is 0 Å². The molecule has 88 valence electrons. The lowest BCUT2D eigenvalue weighted by Crippen LogP contribution is -2.28. The molecule has 1 N–H and O–H groups in total. The maximum absolute atomic E-state index is 11.8. The van der Waals surface area contributed by atoms with Gasteiger partial charge in [0.25, 0.3) is 5.91 Å². The van der Waals surface area contributed by atoms with Gasteiger partial charge < -0.3 is 9.88 Å². The van der Waals surface area contributed by atoms with Crippen LogP contribution in [-0.2, 0) is 7.05 Å². The molecular weight excluding hydrogens is 268 g/mol. The molecule has 1 amide bonds. The number of aryl methyl sites for hydroxylation is 1. The van der Waals surface area contributed by atoms with Gasteiger partial charge >= 0.3 is 0 Å². The van der Waals surface area contributed by atoms with E-state index in [-0.39, 0.29) is 5.91 Å². The summed E-state index contributed by atoms with van der Waals surface area (Å²) in [5.41, 5.74) is 0.709. The fourth-order valence-electron chi connectivity index (χ4n) is 2.01. The molecule has 0 atom stereocenters. The van der Waals surface area contributed by atoms with Crippen LogP contribution in [0.2, 0.25) is 0 Å². The molecule has 1 aliphatic rings. The number of nitrogens with zero attached hydrogens (tertiary/aromatic N) is 1. The van der Waals surface area contributed by atoms with E-state index in [0.29, 0.717) is 5.69 Å². The molecule has 1 aromatic heterocycles. The Morgan fingerprint density at radius 3 is 2.88 bits per heavy atom. The van der Waals surface area contributed by atoms with Crippen LogP contribution >= 0.6 is 15.9 Å². The highest BCUT2D eigenvalue weighted by atomic mass is 79.9. The summed E-state index contributed by atoms with van der Waals surface area (Å²) in [6.45, 7) is 0.798. The van der Waals surface area contributed by atoms with Crippen LogP contribution in [-0.4, -0.2) is 17.0 Å². The highest BCUT2D eigenvalue weighted by Crippen LogP contribution is 2.28. The average molecular weight is 285 g/mol. The summed E-state index contributed by atoms with van der Waals surface area (Å²) < 4.78 is 2.78. The Labute approximate surface area is 104 Å². The predicted octanol–water partition coefficient (Wildman–Crippen LogP) is 2.71. The summed E-state index contributed by atoms with van der Waals surface area (Å²) in [5, 5.41) is 2.97. The molecule has 0 aliphatic heterocycles.